The van der Waals surface area contributed by atoms with E-state index in [1.807, 2.05) is 91.0 Å². The number of H-pyrrole nitrogens is 1. The molecule has 0 saturated carbocycles. The number of nitrogen functional groups attached to an aromatic ring is 1. The van der Waals surface area contributed by atoms with Gasteiger partial charge in [0.15, 0.2) is 0 Å². The smallest absolute Gasteiger partial charge is 0.339 e. The first-order valence-electron chi connectivity index (χ1n) is 14.5. The van der Waals surface area contributed by atoms with Crippen LogP contribution in [0.3, 0.4) is 0 Å². The summed E-state index contributed by atoms with van der Waals surface area (Å²) in [6.45, 7) is 0. The molecular formula is C33H24Cl4N7O8P. The lowest BCUT2D eigenvalue weighted by Gasteiger charge is -2.01. The highest BCUT2D eigenvalue weighted by Crippen LogP contribution is 2.61. The monoisotopic (exact) mass is 817 g/mol. The molecule has 0 radical (unpaired) electrons. The second-order valence-corrected chi connectivity index (χ2v) is 17.0. The SMILES string of the molecule is Nc1nc(-c2ccccc2)ccc1[N+](=O)[O-].O=P(Cl)(Cl)Cl.O=[N+]([O-])c1ccc(-c2ccccc2)nc1Cl.O=c1[nH]c(-c2ccccc2)ccc1[N+](=O)[O-]. The molecular weight excluding hydrogens is 795 g/mol. The van der Waals surface area contributed by atoms with Crippen molar-refractivity contribution >= 4 is 73.4 Å². The van der Waals surface area contributed by atoms with Crippen molar-refractivity contribution in [1.82, 2.24) is 15.0 Å². The summed E-state index contributed by atoms with van der Waals surface area (Å²) in [6.07, 6.45) is 0. The van der Waals surface area contributed by atoms with Gasteiger partial charge in [0.25, 0.3) is 0 Å². The number of nitrogens with one attached hydrogen (secondary N) is 1. The number of aromatic nitrogens is 3. The lowest BCUT2D eigenvalue weighted by molar-refractivity contribution is -0.386. The number of nitrogens with zero attached hydrogens (tertiary/aromatic N) is 5. The molecule has 0 spiro atoms. The number of hydrogen-bond acceptors (Lipinski definition) is 11. The zero-order valence-corrected chi connectivity index (χ0v) is 30.6. The lowest BCUT2D eigenvalue weighted by Crippen LogP contribution is -2.11. The third-order valence-corrected chi connectivity index (χ3v) is 6.71. The minimum absolute atomic E-state index is 0.0636. The van der Waals surface area contributed by atoms with E-state index < -0.39 is 31.2 Å². The molecule has 6 aromatic rings. The molecule has 20 heteroatoms. The summed E-state index contributed by atoms with van der Waals surface area (Å²) < 4.78 is 9.51. The summed E-state index contributed by atoms with van der Waals surface area (Å²) >= 11 is 19.6. The Morgan fingerprint density at radius 2 is 0.943 bits per heavy atom. The molecule has 3 aromatic carbocycles. The summed E-state index contributed by atoms with van der Waals surface area (Å²) in [7, 11) is 0. The third-order valence-electron chi connectivity index (χ3n) is 6.43. The molecule has 6 rings (SSSR count). The molecule has 0 atom stereocenters. The van der Waals surface area contributed by atoms with Crippen LogP contribution in [0.2, 0.25) is 5.15 Å². The molecule has 0 aliphatic carbocycles. The number of rotatable bonds is 6. The van der Waals surface area contributed by atoms with Crippen LogP contribution in [0.4, 0.5) is 22.9 Å². The molecule has 3 aromatic heterocycles. The Morgan fingerprint density at radius 3 is 1.32 bits per heavy atom. The van der Waals surface area contributed by atoms with E-state index in [9.17, 15) is 39.7 Å². The van der Waals surface area contributed by atoms with Crippen molar-refractivity contribution in [3.63, 3.8) is 0 Å². The van der Waals surface area contributed by atoms with E-state index in [-0.39, 0.29) is 22.3 Å². The van der Waals surface area contributed by atoms with E-state index in [0.29, 0.717) is 17.1 Å². The second-order valence-electron chi connectivity index (χ2n) is 9.96. The van der Waals surface area contributed by atoms with E-state index in [1.54, 1.807) is 12.1 Å². The van der Waals surface area contributed by atoms with Crippen molar-refractivity contribution in [2.24, 2.45) is 0 Å². The first kappa shape index (κ1) is 41.7. The summed E-state index contributed by atoms with van der Waals surface area (Å²) in [5.41, 5.74) is 8.41. The molecule has 0 aliphatic heterocycles. The molecule has 0 saturated heterocycles. The predicted octanol–water partition coefficient (Wildman–Crippen LogP) is 10.3. The quantitative estimate of drug-likeness (QED) is 0.0694. The molecule has 0 amide bonds. The fourth-order valence-electron chi connectivity index (χ4n) is 4.12. The Labute approximate surface area is 319 Å². The molecule has 15 nitrogen and oxygen atoms in total. The van der Waals surface area contributed by atoms with Crippen LogP contribution >= 0.6 is 50.5 Å². The van der Waals surface area contributed by atoms with E-state index in [0.717, 1.165) is 16.7 Å². The topological polar surface area (TPSA) is 231 Å². The molecule has 3 heterocycles. The van der Waals surface area contributed by atoms with Crippen LogP contribution in [0.15, 0.2) is 132 Å². The van der Waals surface area contributed by atoms with Gasteiger partial charge in [-0.25, -0.2) is 9.97 Å². The van der Waals surface area contributed by atoms with E-state index in [1.165, 1.54) is 24.3 Å². The number of halogens is 4. The fraction of sp³-hybridized carbons (Fsp3) is 0. The highest BCUT2D eigenvalue weighted by atomic mass is 36.0. The second kappa shape index (κ2) is 19.8. The maximum absolute atomic E-state index is 11.4. The zero-order chi connectivity index (χ0) is 39.1. The molecule has 3 N–H and O–H groups in total. The van der Waals surface area contributed by atoms with Crippen molar-refractivity contribution in [2.75, 3.05) is 5.73 Å². The highest BCUT2D eigenvalue weighted by Gasteiger charge is 2.15. The molecule has 0 unspecified atom stereocenters. The Morgan fingerprint density at radius 1 is 0.566 bits per heavy atom. The van der Waals surface area contributed by atoms with Gasteiger partial charge in [-0.2, -0.15) is 0 Å². The average Bonchev–Trinajstić information content (AvgIpc) is 3.12. The average molecular weight is 819 g/mol. The molecule has 53 heavy (non-hydrogen) atoms. The van der Waals surface area contributed by atoms with Gasteiger partial charge in [0, 0.05) is 35.0 Å². The number of aromatic amines is 1. The van der Waals surface area contributed by atoms with Gasteiger partial charge in [-0.05, 0) is 57.5 Å². The van der Waals surface area contributed by atoms with Gasteiger partial charge in [0.2, 0.25) is 11.0 Å². The Balaban J connectivity index is 0.000000201. The van der Waals surface area contributed by atoms with Crippen LogP contribution in [-0.2, 0) is 4.57 Å². The number of nitrogens with two attached hydrogens (primary N) is 1. The normalized spacial score (nSPS) is 10.2. The van der Waals surface area contributed by atoms with Crippen molar-refractivity contribution in [3.8, 4) is 33.8 Å². The maximum atomic E-state index is 11.4. The van der Waals surface area contributed by atoms with Crippen LogP contribution in [0.5, 0.6) is 0 Å². The standard InChI is InChI=1S/C11H7ClN2O2.C11H9N3O2.C11H8N2O3.Cl3OP/c2*12-11-10(14(15)16)7-6-9(13-11)8-4-2-1-3-5-8;14-11-10(13(15)16)7-6-9(12-11)8-4-2-1-3-5-8;1-5(2,3)4/h1-7H;1-7H,(H2,12,13);1-7H,(H,12,14);. The summed E-state index contributed by atoms with van der Waals surface area (Å²) in [5.74, 6) is -0.0636. The van der Waals surface area contributed by atoms with Gasteiger partial charge in [0.1, 0.15) is 0 Å². The highest BCUT2D eigenvalue weighted by molar-refractivity contribution is 8.24. The third kappa shape index (κ3) is 13.7. The molecule has 0 aliphatic rings. The molecule has 272 valence electrons. The zero-order valence-electron chi connectivity index (χ0n) is 26.7. The minimum Gasteiger partial charge on any atom is -0.378 e. The molecule has 0 bridgehead atoms. The lowest BCUT2D eigenvalue weighted by atomic mass is 10.1. The van der Waals surface area contributed by atoms with Crippen LogP contribution in [0.1, 0.15) is 0 Å². The molecule has 0 fully saturated rings. The Bertz CT molecular complexity index is 2190. The first-order chi connectivity index (χ1) is 25.0. The Kier molecular flexibility index (Phi) is 15.6. The maximum Gasteiger partial charge on any atom is 0.339 e. The van der Waals surface area contributed by atoms with E-state index in [4.69, 9.17) is 17.3 Å². The van der Waals surface area contributed by atoms with E-state index in [2.05, 4.69) is 48.7 Å². The van der Waals surface area contributed by atoms with Gasteiger partial charge in [-0.15, -0.1) is 0 Å². The van der Waals surface area contributed by atoms with Crippen molar-refractivity contribution in [3.05, 3.63) is 173 Å². The van der Waals surface area contributed by atoms with Crippen LogP contribution in [0.25, 0.3) is 33.8 Å². The van der Waals surface area contributed by atoms with Gasteiger partial charge < -0.3 is 10.7 Å². The number of nitro groups is 3. The van der Waals surface area contributed by atoms with Crippen molar-refractivity contribution < 1.29 is 19.3 Å². The van der Waals surface area contributed by atoms with Gasteiger partial charge >= 0.3 is 27.8 Å². The van der Waals surface area contributed by atoms with Gasteiger partial charge in [-0.3, -0.25) is 39.7 Å². The largest absolute Gasteiger partial charge is 0.378 e. The van der Waals surface area contributed by atoms with Crippen LogP contribution in [0, 0.1) is 30.3 Å². The Hall–Kier alpha value is -5.70. The predicted molar refractivity (Wildman–Crippen MR) is 206 cm³/mol. The summed E-state index contributed by atoms with van der Waals surface area (Å²) in [5, 5.41) is 28.2. The summed E-state index contributed by atoms with van der Waals surface area (Å²) in [6, 6.07) is 36.5. The minimum atomic E-state index is -3.22. The van der Waals surface area contributed by atoms with Gasteiger partial charge in [-0.1, -0.05) is 103 Å². The number of benzene rings is 3. The first-order valence-corrected chi connectivity index (χ1v) is 19.3. The van der Waals surface area contributed by atoms with Gasteiger partial charge in [0.05, 0.1) is 26.2 Å². The van der Waals surface area contributed by atoms with Crippen LogP contribution in [-0.4, -0.2) is 29.7 Å². The number of hydrogen-bond donors (Lipinski definition) is 2. The number of anilines is 1. The number of pyridine rings is 3. The van der Waals surface area contributed by atoms with Crippen LogP contribution < -0.4 is 11.3 Å². The van der Waals surface area contributed by atoms with Crippen molar-refractivity contribution in [1.29, 1.82) is 0 Å². The van der Waals surface area contributed by atoms with Crippen molar-refractivity contribution in [2.45, 2.75) is 0 Å². The van der Waals surface area contributed by atoms with E-state index >= 15 is 0 Å². The summed E-state index contributed by atoms with van der Waals surface area (Å²) in [4.78, 5) is 51.6. The fourth-order valence-corrected chi connectivity index (χ4v) is 4.34.